The third-order valence-electron chi connectivity index (χ3n) is 2.60. The summed E-state index contributed by atoms with van der Waals surface area (Å²) in [6.07, 6.45) is 2.03. The van der Waals surface area contributed by atoms with Gasteiger partial charge in [0.25, 0.3) is 0 Å². The first-order valence-corrected chi connectivity index (χ1v) is 6.79. The first-order chi connectivity index (χ1) is 9.08. The third kappa shape index (κ3) is 5.13. The Kier molecular flexibility index (Phi) is 6.74. The molecule has 0 aromatic heterocycles. The second kappa shape index (κ2) is 8.08. The van der Waals surface area contributed by atoms with Gasteiger partial charge >= 0.3 is 0 Å². The molecule has 0 bridgehead atoms. The number of ether oxygens (including phenoxy) is 2. The Balaban J connectivity index is 2.98. The minimum atomic E-state index is 0.527. The first-order valence-electron chi connectivity index (χ1n) is 6.41. The SMILES string of the molecule is CCNCc1cc(Cl)cc(OC)c1OCC=C(C)C. The summed E-state index contributed by atoms with van der Waals surface area (Å²) in [5, 5.41) is 3.93. The van der Waals surface area contributed by atoms with Gasteiger partial charge in [-0.2, -0.15) is 0 Å². The molecular weight excluding hydrogens is 262 g/mol. The summed E-state index contributed by atoms with van der Waals surface area (Å²) < 4.78 is 11.2. The fraction of sp³-hybridized carbons (Fsp3) is 0.467. The van der Waals surface area contributed by atoms with Gasteiger partial charge in [-0.3, -0.25) is 0 Å². The van der Waals surface area contributed by atoms with Crippen LogP contribution in [0.1, 0.15) is 26.3 Å². The molecular formula is C15H22ClNO2. The van der Waals surface area contributed by atoms with Gasteiger partial charge in [0.05, 0.1) is 7.11 Å². The molecule has 0 atom stereocenters. The van der Waals surface area contributed by atoms with Crippen LogP contribution in [0.3, 0.4) is 0 Å². The number of allylic oxidation sites excluding steroid dienone is 1. The minimum Gasteiger partial charge on any atom is -0.493 e. The van der Waals surface area contributed by atoms with Crippen LogP contribution in [0.5, 0.6) is 11.5 Å². The monoisotopic (exact) mass is 283 g/mol. The molecule has 0 amide bonds. The molecule has 0 saturated heterocycles. The predicted molar refractivity (Wildman–Crippen MR) is 80.3 cm³/mol. The Morgan fingerprint density at radius 2 is 2.11 bits per heavy atom. The van der Waals surface area contributed by atoms with E-state index in [0.717, 1.165) is 17.9 Å². The zero-order chi connectivity index (χ0) is 14.3. The molecule has 1 aromatic carbocycles. The van der Waals surface area contributed by atoms with E-state index in [0.29, 0.717) is 23.9 Å². The van der Waals surface area contributed by atoms with Crippen LogP contribution < -0.4 is 14.8 Å². The van der Waals surface area contributed by atoms with Crippen LogP contribution in [0, 0.1) is 0 Å². The molecule has 0 heterocycles. The van der Waals surface area contributed by atoms with Crippen LogP contribution >= 0.6 is 11.6 Å². The maximum atomic E-state index is 6.09. The number of benzene rings is 1. The molecule has 106 valence electrons. The van der Waals surface area contributed by atoms with Crippen molar-refractivity contribution in [2.45, 2.75) is 27.3 Å². The first kappa shape index (κ1) is 15.9. The topological polar surface area (TPSA) is 30.5 Å². The molecule has 1 aromatic rings. The minimum absolute atomic E-state index is 0.527. The molecule has 0 fully saturated rings. The molecule has 0 aliphatic heterocycles. The van der Waals surface area contributed by atoms with E-state index in [1.807, 2.05) is 26.0 Å². The van der Waals surface area contributed by atoms with Crippen LogP contribution in [0.25, 0.3) is 0 Å². The Hall–Kier alpha value is -1.19. The lowest BCUT2D eigenvalue weighted by Gasteiger charge is -2.15. The maximum Gasteiger partial charge on any atom is 0.166 e. The van der Waals surface area contributed by atoms with Gasteiger partial charge in [-0.05, 0) is 32.5 Å². The lowest BCUT2D eigenvalue weighted by Crippen LogP contribution is -2.13. The van der Waals surface area contributed by atoms with Crippen molar-refractivity contribution in [2.75, 3.05) is 20.3 Å². The van der Waals surface area contributed by atoms with Gasteiger partial charge in [0, 0.05) is 23.2 Å². The zero-order valence-electron chi connectivity index (χ0n) is 12.0. The highest BCUT2D eigenvalue weighted by atomic mass is 35.5. The van der Waals surface area contributed by atoms with E-state index < -0.39 is 0 Å². The van der Waals surface area contributed by atoms with E-state index in [9.17, 15) is 0 Å². The molecule has 1 rings (SSSR count). The number of hydrogen-bond donors (Lipinski definition) is 1. The normalized spacial score (nSPS) is 10.2. The lowest BCUT2D eigenvalue weighted by molar-refractivity contribution is 0.321. The number of methoxy groups -OCH3 is 1. The fourth-order valence-corrected chi connectivity index (χ4v) is 1.85. The smallest absolute Gasteiger partial charge is 0.166 e. The molecule has 1 N–H and O–H groups in total. The van der Waals surface area contributed by atoms with Gasteiger partial charge in [0.1, 0.15) is 6.61 Å². The Labute approximate surface area is 120 Å². The fourth-order valence-electron chi connectivity index (χ4n) is 1.62. The van der Waals surface area contributed by atoms with Gasteiger partial charge in [0.15, 0.2) is 11.5 Å². The Bertz CT molecular complexity index is 440. The molecule has 0 aliphatic carbocycles. The van der Waals surface area contributed by atoms with E-state index in [2.05, 4.69) is 12.2 Å². The summed E-state index contributed by atoms with van der Waals surface area (Å²) >= 11 is 6.09. The summed E-state index contributed by atoms with van der Waals surface area (Å²) in [7, 11) is 1.62. The quantitative estimate of drug-likeness (QED) is 0.772. The summed E-state index contributed by atoms with van der Waals surface area (Å²) in [6.45, 7) is 8.27. The summed E-state index contributed by atoms with van der Waals surface area (Å²) in [5.74, 6) is 1.42. The molecule has 0 saturated carbocycles. The van der Waals surface area contributed by atoms with Gasteiger partial charge in [-0.1, -0.05) is 24.1 Å². The van der Waals surface area contributed by atoms with Gasteiger partial charge in [-0.25, -0.2) is 0 Å². The highest BCUT2D eigenvalue weighted by Gasteiger charge is 2.12. The summed E-state index contributed by atoms with van der Waals surface area (Å²) in [5.41, 5.74) is 2.23. The van der Waals surface area contributed by atoms with Crippen LogP contribution in [0.2, 0.25) is 5.02 Å². The van der Waals surface area contributed by atoms with Crippen molar-refractivity contribution in [3.63, 3.8) is 0 Å². The molecule has 3 nitrogen and oxygen atoms in total. The van der Waals surface area contributed by atoms with Crippen molar-refractivity contribution < 1.29 is 9.47 Å². The average molecular weight is 284 g/mol. The summed E-state index contributed by atoms with van der Waals surface area (Å²) in [6, 6.07) is 3.68. The highest BCUT2D eigenvalue weighted by Crippen LogP contribution is 2.34. The van der Waals surface area contributed by atoms with Crippen LogP contribution in [0.4, 0.5) is 0 Å². The Morgan fingerprint density at radius 3 is 2.68 bits per heavy atom. The molecule has 0 radical (unpaired) electrons. The van der Waals surface area contributed by atoms with Crippen LogP contribution in [-0.4, -0.2) is 20.3 Å². The third-order valence-corrected chi connectivity index (χ3v) is 2.82. The van der Waals surface area contributed by atoms with Crippen LogP contribution in [0.15, 0.2) is 23.8 Å². The summed E-state index contributed by atoms with van der Waals surface area (Å²) in [4.78, 5) is 0. The second-order valence-corrected chi connectivity index (χ2v) is 4.91. The lowest BCUT2D eigenvalue weighted by atomic mass is 10.2. The highest BCUT2D eigenvalue weighted by molar-refractivity contribution is 6.30. The van der Waals surface area contributed by atoms with E-state index in [-0.39, 0.29) is 0 Å². The number of halogens is 1. The van der Waals surface area contributed by atoms with Gasteiger partial charge < -0.3 is 14.8 Å². The van der Waals surface area contributed by atoms with Crippen molar-refractivity contribution in [2.24, 2.45) is 0 Å². The largest absolute Gasteiger partial charge is 0.493 e. The maximum absolute atomic E-state index is 6.09. The van der Waals surface area contributed by atoms with E-state index in [1.165, 1.54) is 5.57 Å². The number of rotatable bonds is 7. The van der Waals surface area contributed by atoms with Crippen molar-refractivity contribution in [1.29, 1.82) is 0 Å². The van der Waals surface area contributed by atoms with Crippen molar-refractivity contribution >= 4 is 11.6 Å². The Morgan fingerprint density at radius 1 is 1.37 bits per heavy atom. The molecule has 4 heteroatoms. The molecule has 0 unspecified atom stereocenters. The van der Waals surface area contributed by atoms with Gasteiger partial charge in [-0.15, -0.1) is 0 Å². The molecule has 19 heavy (non-hydrogen) atoms. The number of hydrogen-bond acceptors (Lipinski definition) is 3. The van der Waals surface area contributed by atoms with Crippen LogP contribution in [-0.2, 0) is 6.54 Å². The van der Waals surface area contributed by atoms with Crippen molar-refractivity contribution in [1.82, 2.24) is 5.32 Å². The van der Waals surface area contributed by atoms with E-state index >= 15 is 0 Å². The van der Waals surface area contributed by atoms with Crippen molar-refractivity contribution in [3.05, 3.63) is 34.4 Å². The molecule has 0 aliphatic rings. The second-order valence-electron chi connectivity index (χ2n) is 4.47. The van der Waals surface area contributed by atoms with Gasteiger partial charge in [0.2, 0.25) is 0 Å². The predicted octanol–water partition coefficient (Wildman–Crippen LogP) is 3.80. The zero-order valence-corrected chi connectivity index (χ0v) is 12.8. The molecule has 0 spiro atoms. The van der Waals surface area contributed by atoms with Crippen molar-refractivity contribution in [3.8, 4) is 11.5 Å². The van der Waals surface area contributed by atoms with E-state index in [4.69, 9.17) is 21.1 Å². The average Bonchev–Trinajstić information content (AvgIpc) is 2.37. The van der Waals surface area contributed by atoms with E-state index in [1.54, 1.807) is 13.2 Å². The standard InChI is InChI=1S/C15H22ClNO2/c1-5-17-10-12-8-13(16)9-14(18-4)15(12)19-7-6-11(2)3/h6,8-9,17H,5,7,10H2,1-4H3. The number of nitrogens with one attached hydrogen (secondary N) is 1.